The van der Waals surface area contributed by atoms with Crippen LogP contribution in [0.2, 0.25) is 0 Å². The Labute approximate surface area is 215 Å². The molecule has 1 aromatic carbocycles. The normalized spacial score (nSPS) is 15.2. The predicted octanol–water partition coefficient (Wildman–Crippen LogP) is 5.22. The zero-order valence-corrected chi connectivity index (χ0v) is 21.6. The molecule has 37 heavy (non-hydrogen) atoms. The summed E-state index contributed by atoms with van der Waals surface area (Å²) in [5, 5.41) is 0. The number of benzene rings is 1. The second kappa shape index (κ2) is 11.0. The van der Waals surface area contributed by atoms with Crippen molar-refractivity contribution in [2.75, 3.05) is 37.6 Å². The molecule has 6 nitrogen and oxygen atoms in total. The molecule has 1 aliphatic heterocycles. The van der Waals surface area contributed by atoms with E-state index in [1.165, 1.54) is 0 Å². The summed E-state index contributed by atoms with van der Waals surface area (Å²) < 4.78 is 42.1. The minimum absolute atomic E-state index is 0.00679. The third-order valence-electron chi connectivity index (χ3n) is 6.60. The average Bonchev–Trinajstić information content (AvgIpc) is 2.87. The molecular formula is C28H34F3N5O. The number of unbranched alkanes of at least 4 members (excludes halogenated alkanes) is 1. The van der Waals surface area contributed by atoms with E-state index in [1.54, 1.807) is 10.6 Å². The SMILES string of the molecule is CC(C)(C)c1nc(N2CCN(CCCCn3ccc(-c4ccccc4)cc3=O)CC2)cc(C(F)(F)F)n1. The van der Waals surface area contributed by atoms with Gasteiger partial charge in [0.25, 0.3) is 5.56 Å². The van der Waals surface area contributed by atoms with E-state index in [-0.39, 0.29) is 11.4 Å². The summed E-state index contributed by atoms with van der Waals surface area (Å²) >= 11 is 0. The summed E-state index contributed by atoms with van der Waals surface area (Å²) in [6.07, 6.45) is -0.844. The molecule has 198 valence electrons. The number of hydrogen-bond donors (Lipinski definition) is 0. The molecule has 2 aromatic heterocycles. The van der Waals surface area contributed by atoms with Gasteiger partial charge in [-0.05, 0) is 36.6 Å². The summed E-state index contributed by atoms with van der Waals surface area (Å²) in [6, 6.07) is 14.5. The van der Waals surface area contributed by atoms with Crippen LogP contribution in [0.5, 0.6) is 0 Å². The first kappa shape index (κ1) is 26.9. The number of aryl methyl sites for hydroxylation is 1. The third kappa shape index (κ3) is 6.97. The first-order valence-electron chi connectivity index (χ1n) is 12.7. The number of halogens is 3. The Kier molecular flexibility index (Phi) is 8.02. The smallest absolute Gasteiger partial charge is 0.354 e. The van der Waals surface area contributed by atoms with Crippen molar-refractivity contribution in [2.45, 2.75) is 51.7 Å². The first-order valence-corrected chi connectivity index (χ1v) is 12.7. The van der Waals surface area contributed by atoms with Gasteiger partial charge in [0, 0.05) is 56.5 Å². The molecule has 3 heterocycles. The van der Waals surface area contributed by atoms with E-state index >= 15 is 0 Å². The lowest BCUT2D eigenvalue weighted by molar-refractivity contribution is -0.141. The van der Waals surface area contributed by atoms with E-state index in [9.17, 15) is 18.0 Å². The van der Waals surface area contributed by atoms with Crippen LogP contribution in [0.4, 0.5) is 19.0 Å². The van der Waals surface area contributed by atoms with E-state index in [2.05, 4.69) is 14.9 Å². The highest BCUT2D eigenvalue weighted by Crippen LogP contribution is 2.32. The zero-order valence-electron chi connectivity index (χ0n) is 21.6. The Balaban J connectivity index is 1.28. The fraction of sp³-hybridized carbons (Fsp3) is 0.464. The van der Waals surface area contributed by atoms with Gasteiger partial charge < -0.3 is 9.47 Å². The van der Waals surface area contributed by atoms with Crippen LogP contribution in [0.15, 0.2) is 59.5 Å². The minimum atomic E-state index is -4.51. The molecule has 1 fully saturated rings. The molecular weight excluding hydrogens is 479 g/mol. The maximum atomic E-state index is 13.4. The second-order valence-electron chi connectivity index (χ2n) is 10.5. The van der Waals surface area contributed by atoms with E-state index in [0.717, 1.165) is 49.7 Å². The quantitative estimate of drug-likeness (QED) is 0.406. The van der Waals surface area contributed by atoms with Crippen LogP contribution < -0.4 is 10.5 Å². The summed E-state index contributed by atoms with van der Waals surface area (Å²) in [6.45, 7) is 9.71. The van der Waals surface area contributed by atoms with Crippen LogP contribution >= 0.6 is 0 Å². The summed E-state index contributed by atoms with van der Waals surface area (Å²) in [4.78, 5) is 25.0. The molecule has 0 spiro atoms. The van der Waals surface area contributed by atoms with Gasteiger partial charge in [0.1, 0.15) is 17.3 Å². The molecule has 0 bridgehead atoms. The number of hydrogen-bond acceptors (Lipinski definition) is 5. The number of nitrogens with zero attached hydrogens (tertiary/aromatic N) is 5. The van der Waals surface area contributed by atoms with E-state index in [0.29, 0.717) is 25.5 Å². The predicted molar refractivity (Wildman–Crippen MR) is 140 cm³/mol. The van der Waals surface area contributed by atoms with E-state index in [1.807, 2.05) is 68.3 Å². The van der Waals surface area contributed by atoms with Crippen LogP contribution in [-0.2, 0) is 18.1 Å². The maximum Gasteiger partial charge on any atom is 0.433 e. The molecule has 0 saturated carbocycles. The zero-order chi connectivity index (χ0) is 26.6. The van der Waals surface area contributed by atoms with Gasteiger partial charge in [-0.1, -0.05) is 51.1 Å². The van der Waals surface area contributed by atoms with Crippen molar-refractivity contribution in [3.05, 3.63) is 76.6 Å². The van der Waals surface area contributed by atoms with E-state index in [4.69, 9.17) is 0 Å². The van der Waals surface area contributed by atoms with Crippen LogP contribution in [-0.4, -0.2) is 52.2 Å². The minimum Gasteiger partial charge on any atom is -0.354 e. The summed E-state index contributed by atoms with van der Waals surface area (Å²) in [5.41, 5.74) is 0.462. The molecule has 0 radical (unpaired) electrons. The van der Waals surface area contributed by atoms with Gasteiger partial charge in [-0.15, -0.1) is 0 Å². The van der Waals surface area contributed by atoms with Crippen molar-refractivity contribution < 1.29 is 13.2 Å². The van der Waals surface area contributed by atoms with Crippen LogP contribution in [0.25, 0.3) is 11.1 Å². The van der Waals surface area contributed by atoms with Gasteiger partial charge in [0.2, 0.25) is 0 Å². The van der Waals surface area contributed by atoms with Crippen molar-refractivity contribution >= 4 is 5.82 Å². The maximum absolute atomic E-state index is 13.4. The van der Waals surface area contributed by atoms with Crippen LogP contribution in [0.1, 0.15) is 45.1 Å². The molecule has 4 rings (SSSR count). The largest absolute Gasteiger partial charge is 0.433 e. The van der Waals surface area contributed by atoms with Gasteiger partial charge in [0.15, 0.2) is 0 Å². The topological polar surface area (TPSA) is 54.3 Å². The number of piperazine rings is 1. The number of alkyl halides is 3. The number of pyridine rings is 1. The molecule has 0 unspecified atom stereocenters. The Morgan fingerprint density at radius 3 is 2.14 bits per heavy atom. The highest BCUT2D eigenvalue weighted by Gasteiger charge is 2.36. The van der Waals surface area contributed by atoms with Gasteiger partial charge in [-0.25, -0.2) is 9.97 Å². The van der Waals surface area contributed by atoms with Crippen LogP contribution in [0.3, 0.4) is 0 Å². The van der Waals surface area contributed by atoms with Crippen molar-refractivity contribution in [1.29, 1.82) is 0 Å². The second-order valence-corrected chi connectivity index (χ2v) is 10.5. The molecule has 0 aliphatic carbocycles. The van der Waals surface area contributed by atoms with Crippen molar-refractivity contribution in [3.63, 3.8) is 0 Å². The molecule has 1 saturated heterocycles. The Morgan fingerprint density at radius 2 is 1.51 bits per heavy atom. The molecule has 9 heteroatoms. The lowest BCUT2D eigenvalue weighted by Gasteiger charge is -2.36. The third-order valence-corrected chi connectivity index (χ3v) is 6.60. The Morgan fingerprint density at radius 1 is 0.838 bits per heavy atom. The standard InChI is InChI=1S/C28H34F3N5O/c1-27(2,3)26-32-23(28(29,30)31)20-24(33-26)35-17-15-34(16-18-35)12-7-8-13-36-14-11-22(19-25(36)37)21-9-5-4-6-10-21/h4-6,9-11,14,19-20H,7-8,12-13,15-18H2,1-3H3. The fourth-order valence-electron chi connectivity index (χ4n) is 4.40. The summed E-state index contributed by atoms with van der Waals surface area (Å²) in [5.74, 6) is 0.539. The monoisotopic (exact) mass is 513 g/mol. The van der Waals surface area contributed by atoms with Crippen molar-refractivity contribution in [1.82, 2.24) is 19.4 Å². The van der Waals surface area contributed by atoms with Gasteiger partial charge >= 0.3 is 6.18 Å². The average molecular weight is 514 g/mol. The molecule has 3 aromatic rings. The summed E-state index contributed by atoms with van der Waals surface area (Å²) in [7, 11) is 0. The van der Waals surface area contributed by atoms with E-state index < -0.39 is 17.3 Å². The van der Waals surface area contributed by atoms with Gasteiger partial charge in [-0.3, -0.25) is 9.69 Å². The molecule has 0 amide bonds. The number of anilines is 1. The van der Waals surface area contributed by atoms with Gasteiger partial charge in [0.05, 0.1) is 0 Å². The highest BCUT2D eigenvalue weighted by molar-refractivity contribution is 5.62. The van der Waals surface area contributed by atoms with Gasteiger partial charge in [-0.2, -0.15) is 13.2 Å². The lowest BCUT2D eigenvalue weighted by atomic mass is 9.95. The van der Waals surface area contributed by atoms with Crippen LogP contribution in [0, 0.1) is 0 Å². The number of rotatable bonds is 7. The Bertz CT molecular complexity index is 1210. The first-order chi connectivity index (χ1) is 17.5. The number of aromatic nitrogens is 3. The molecule has 0 N–H and O–H groups in total. The molecule has 0 atom stereocenters. The van der Waals surface area contributed by atoms with Crippen molar-refractivity contribution in [2.24, 2.45) is 0 Å². The molecule has 1 aliphatic rings. The van der Waals surface area contributed by atoms with Crippen molar-refractivity contribution in [3.8, 4) is 11.1 Å². The highest BCUT2D eigenvalue weighted by atomic mass is 19.4. The fourth-order valence-corrected chi connectivity index (χ4v) is 4.40. The Hall–Kier alpha value is -3.20. The lowest BCUT2D eigenvalue weighted by Crippen LogP contribution is -2.47.